The smallest absolute Gasteiger partial charge is 0.305 e. The lowest BCUT2D eigenvalue weighted by molar-refractivity contribution is -0.145. The van der Waals surface area contributed by atoms with Gasteiger partial charge in [0.05, 0.1) is 13.3 Å². The van der Waals surface area contributed by atoms with E-state index in [9.17, 15) is 14.7 Å². The molecule has 1 atom stereocenters. The number of nitrogens with one attached hydrogen (secondary N) is 2. The fourth-order valence-electron chi connectivity index (χ4n) is 4.44. The van der Waals surface area contributed by atoms with Crippen molar-refractivity contribution < 1.29 is 14.6 Å². The predicted octanol–water partition coefficient (Wildman–Crippen LogP) is 4.56. The molecule has 5 N–H and O–H groups in total. The van der Waals surface area contributed by atoms with Crippen molar-refractivity contribution in [3.8, 4) is 0 Å². The Morgan fingerprint density at radius 2 is 1.66 bits per heavy atom. The van der Waals surface area contributed by atoms with Gasteiger partial charge in [0.15, 0.2) is 5.82 Å². The standard InChI is InChI=1S/C26H47N5O4/c1-2-3-4-5-6-7-8-9-10-11-12-13-14-15-22(33)35-19-21(18-32)16-17-31-20-28-23-24(31)29-26(27)30-25(23)34/h21,28,32H,2-20H2,1H3,(H3,27,29,30,34). The van der Waals surface area contributed by atoms with Crippen LogP contribution in [0.15, 0.2) is 4.79 Å². The summed E-state index contributed by atoms with van der Waals surface area (Å²) in [6, 6.07) is 0. The Morgan fingerprint density at radius 3 is 2.26 bits per heavy atom. The molecule has 0 fully saturated rings. The van der Waals surface area contributed by atoms with Crippen LogP contribution in [0.1, 0.15) is 103 Å². The van der Waals surface area contributed by atoms with E-state index >= 15 is 0 Å². The average Bonchev–Trinajstić information content (AvgIpc) is 3.25. The fraction of sp³-hybridized carbons (Fsp3) is 0.808. The Balaban J connectivity index is 1.48. The van der Waals surface area contributed by atoms with Crippen molar-refractivity contribution in [3.63, 3.8) is 0 Å². The molecule has 2 rings (SSSR count). The van der Waals surface area contributed by atoms with Crippen LogP contribution < -0.4 is 21.5 Å². The van der Waals surface area contributed by atoms with Crippen LogP contribution >= 0.6 is 0 Å². The molecule has 0 radical (unpaired) electrons. The molecule has 9 nitrogen and oxygen atoms in total. The maximum Gasteiger partial charge on any atom is 0.305 e. The highest BCUT2D eigenvalue weighted by Crippen LogP contribution is 2.26. The van der Waals surface area contributed by atoms with Gasteiger partial charge in [-0.15, -0.1) is 0 Å². The van der Waals surface area contributed by atoms with Crippen LogP contribution in [-0.2, 0) is 9.53 Å². The monoisotopic (exact) mass is 493 g/mol. The van der Waals surface area contributed by atoms with Gasteiger partial charge in [-0.1, -0.05) is 84.0 Å². The minimum absolute atomic E-state index is 0.0644. The van der Waals surface area contributed by atoms with E-state index in [0.29, 0.717) is 37.6 Å². The van der Waals surface area contributed by atoms with Crippen molar-refractivity contribution in [2.24, 2.45) is 5.92 Å². The molecule has 1 unspecified atom stereocenters. The summed E-state index contributed by atoms with van der Waals surface area (Å²) in [7, 11) is 0. The highest BCUT2D eigenvalue weighted by molar-refractivity contribution is 5.70. The molecule has 1 aliphatic heterocycles. The number of ether oxygens (including phenoxy) is 1. The minimum atomic E-state index is -0.296. The number of unbranched alkanes of at least 4 members (excludes halogenated alkanes) is 12. The molecule has 0 aromatic carbocycles. The first-order chi connectivity index (χ1) is 17.0. The van der Waals surface area contributed by atoms with Crippen LogP contribution in [0.5, 0.6) is 0 Å². The lowest BCUT2D eigenvalue weighted by Gasteiger charge is -2.20. The summed E-state index contributed by atoms with van der Waals surface area (Å²) < 4.78 is 5.40. The van der Waals surface area contributed by atoms with Gasteiger partial charge in [0, 0.05) is 25.5 Å². The number of nitrogens with zero attached hydrogens (tertiary/aromatic N) is 2. The molecule has 0 bridgehead atoms. The number of aliphatic hydroxyl groups is 1. The summed E-state index contributed by atoms with van der Waals surface area (Å²) in [5, 5.41) is 12.7. The van der Waals surface area contributed by atoms with Crippen molar-refractivity contribution >= 4 is 23.4 Å². The normalized spacial score (nSPS) is 13.5. The summed E-state index contributed by atoms with van der Waals surface area (Å²) in [5.41, 5.74) is 5.76. The fourth-order valence-corrected chi connectivity index (χ4v) is 4.44. The molecular formula is C26H47N5O4. The SMILES string of the molecule is CCCCCCCCCCCCCCCC(=O)OCC(CO)CCN1CNc2c1nc(N)[nH]c2=O. The summed E-state index contributed by atoms with van der Waals surface area (Å²) in [5.74, 6) is 0.236. The Kier molecular flexibility index (Phi) is 14.2. The van der Waals surface area contributed by atoms with E-state index in [2.05, 4.69) is 22.2 Å². The highest BCUT2D eigenvalue weighted by atomic mass is 16.5. The first kappa shape index (κ1) is 28.9. The summed E-state index contributed by atoms with van der Waals surface area (Å²) in [6.07, 6.45) is 17.6. The van der Waals surface area contributed by atoms with Crippen molar-refractivity contribution in [1.29, 1.82) is 0 Å². The van der Waals surface area contributed by atoms with Crippen LogP contribution in [0.3, 0.4) is 0 Å². The lowest BCUT2D eigenvalue weighted by atomic mass is 10.0. The Hall–Kier alpha value is -2.29. The zero-order valence-electron chi connectivity index (χ0n) is 21.7. The number of hydrogen-bond acceptors (Lipinski definition) is 8. The maximum atomic E-state index is 12.1. The first-order valence-electron chi connectivity index (χ1n) is 13.7. The summed E-state index contributed by atoms with van der Waals surface area (Å²) >= 11 is 0. The number of rotatable bonds is 20. The van der Waals surface area contributed by atoms with E-state index in [1.54, 1.807) is 0 Å². The molecular weight excluding hydrogens is 446 g/mol. The third kappa shape index (κ3) is 11.3. The van der Waals surface area contributed by atoms with Gasteiger partial charge in [-0.25, -0.2) is 0 Å². The molecule has 0 saturated heterocycles. The first-order valence-corrected chi connectivity index (χ1v) is 13.7. The number of nitrogen functional groups attached to an aromatic ring is 1. The number of aromatic nitrogens is 2. The number of aromatic amines is 1. The van der Waals surface area contributed by atoms with E-state index < -0.39 is 0 Å². The highest BCUT2D eigenvalue weighted by Gasteiger charge is 2.24. The molecule has 1 aliphatic rings. The van der Waals surface area contributed by atoms with E-state index in [1.807, 2.05) is 4.90 Å². The van der Waals surface area contributed by atoms with Crippen LogP contribution in [0.2, 0.25) is 0 Å². The second-order valence-corrected chi connectivity index (χ2v) is 9.76. The summed E-state index contributed by atoms with van der Waals surface area (Å²) in [6.45, 7) is 3.41. The molecule has 200 valence electrons. The molecule has 0 spiro atoms. The van der Waals surface area contributed by atoms with Gasteiger partial charge in [0.25, 0.3) is 5.56 Å². The third-order valence-corrected chi connectivity index (χ3v) is 6.69. The zero-order valence-corrected chi connectivity index (χ0v) is 21.7. The second kappa shape index (κ2) is 17.2. The third-order valence-electron chi connectivity index (χ3n) is 6.69. The molecule has 9 heteroatoms. The molecule has 2 heterocycles. The van der Waals surface area contributed by atoms with Crippen molar-refractivity contribution in [3.05, 3.63) is 10.4 Å². The van der Waals surface area contributed by atoms with Crippen molar-refractivity contribution in [2.75, 3.05) is 42.4 Å². The number of H-pyrrole nitrogens is 1. The summed E-state index contributed by atoms with van der Waals surface area (Å²) in [4.78, 5) is 32.6. The molecule has 1 aromatic rings. The number of aliphatic hydroxyl groups excluding tert-OH is 1. The predicted molar refractivity (Wildman–Crippen MR) is 142 cm³/mol. The Morgan fingerprint density at radius 1 is 1.06 bits per heavy atom. The molecule has 0 saturated carbocycles. The Bertz CT molecular complexity index is 785. The largest absolute Gasteiger partial charge is 0.465 e. The number of carbonyl (C=O) groups is 1. The van der Waals surface area contributed by atoms with Gasteiger partial charge in [-0.05, 0) is 12.8 Å². The number of anilines is 3. The second-order valence-electron chi connectivity index (χ2n) is 9.76. The van der Waals surface area contributed by atoms with Crippen LogP contribution in [0.4, 0.5) is 17.5 Å². The minimum Gasteiger partial charge on any atom is -0.465 e. The van der Waals surface area contributed by atoms with Crippen molar-refractivity contribution in [1.82, 2.24) is 9.97 Å². The van der Waals surface area contributed by atoms with Crippen LogP contribution in [0, 0.1) is 5.92 Å². The molecule has 0 amide bonds. The molecule has 0 aliphatic carbocycles. The van der Waals surface area contributed by atoms with Crippen LogP contribution in [0.25, 0.3) is 0 Å². The van der Waals surface area contributed by atoms with E-state index in [1.165, 1.54) is 70.6 Å². The van der Waals surface area contributed by atoms with E-state index in [4.69, 9.17) is 10.5 Å². The Labute approximate surface area is 210 Å². The van der Waals surface area contributed by atoms with Gasteiger partial charge in [0.2, 0.25) is 5.95 Å². The van der Waals surface area contributed by atoms with Crippen molar-refractivity contribution in [2.45, 2.75) is 103 Å². The molecule has 1 aromatic heterocycles. The number of fused-ring (bicyclic) bond motifs is 1. The quantitative estimate of drug-likeness (QED) is 0.153. The van der Waals surface area contributed by atoms with Gasteiger partial charge in [-0.3, -0.25) is 14.6 Å². The van der Waals surface area contributed by atoms with E-state index in [0.717, 1.165) is 12.8 Å². The molecule has 35 heavy (non-hydrogen) atoms. The lowest BCUT2D eigenvalue weighted by Crippen LogP contribution is -2.28. The number of hydrogen-bond donors (Lipinski definition) is 4. The average molecular weight is 494 g/mol. The zero-order chi connectivity index (χ0) is 25.3. The van der Waals surface area contributed by atoms with Gasteiger partial charge in [-0.2, -0.15) is 4.98 Å². The number of nitrogens with two attached hydrogens (primary N) is 1. The van der Waals surface area contributed by atoms with Gasteiger partial charge in [0.1, 0.15) is 5.69 Å². The number of carbonyl (C=O) groups excluding carboxylic acids is 1. The number of esters is 1. The van der Waals surface area contributed by atoms with Gasteiger partial charge >= 0.3 is 5.97 Å². The van der Waals surface area contributed by atoms with E-state index in [-0.39, 0.29) is 36.6 Å². The maximum absolute atomic E-state index is 12.1. The van der Waals surface area contributed by atoms with Crippen LogP contribution in [-0.4, -0.2) is 47.5 Å². The van der Waals surface area contributed by atoms with Gasteiger partial charge < -0.3 is 25.8 Å². The topological polar surface area (TPSA) is 134 Å².